The van der Waals surface area contributed by atoms with Crippen molar-refractivity contribution >= 4 is 12.0 Å². The predicted octanol–water partition coefficient (Wildman–Crippen LogP) is 3.27. The fourth-order valence-corrected chi connectivity index (χ4v) is 1.20. The summed E-state index contributed by atoms with van der Waals surface area (Å²) in [5.74, 6) is -1.43. The molecule has 0 heterocycles. The summed E-state index contributed by atoms with van der Waals surface area (Å²) in [7, 11) is 0. The largest absolute Gasteiger partial charge is 0.486 e. The van der Waals surface area contributed by atoms with E-state index < -0.39 is 11.8 Å². The van der Waals surface area contributed by atoms with E-state index in [2.05, 4.69) is 0 Å². The van der Waals surface area contributed by atoms with Crippen LogP contribution in [0.3, 0.4) is 0 Å². The minimum absolute atomic E-state index is 0.153. The van der Waals surface area contributed by atoms with E-state index in [1.807, 2.05) is 19.9 Å². The molecule has 0 fully saturated rings. The van der Waals surface area contributed by atoms with Crippen LogP contribution in [0.1, 0.15) is 19.4 Å². The Morgan fingerprint density at radius 2 is 2.17 bits per heavy atom. The maximum atomic E-state index is 13.6. The van der Waals surface area contributed by atoms with Gasteiger partial charge in [0.1, 0.15) is 6.61 Å². The van der Waals surface area contributed by atoms with Crippen molar-refractivity contribution in [2.75, 3.05) is 6.61 Å². The molecule has 0 aliphatic carbocycles. The second-order valence-electron chi connectivity index (χ2n) is 3.95. The highest BCUT2D eigenvalue weighted by Gasteiger charge is 2.03. The third-order valence-corrected chi connectivity index (χ3v) is 2.10. The van der Waals surface area contributed by atoms with Crippen molar-refractivity contribution in [3.8, 4) is 5.75 Å². The molecule has 0 aliphatic rings. The Morgan fingerprint density at radius 3 is 2.72 bits per heavy atom. The van der Waals surface area contributed by atoms with Gasteiger partial charge in [-0.2, -0.15) is 0 Å². The molecule has 4 heteroatoms. The second kappa shape index (κ2) is 6.59. The number of allylic oxidation sites excluding steroid dienone is 1. The highest BCUT2D eigenvalue weighted by Crippen LogP contribution is 2.19. The first-order valence-electron chi connectivity index (χ1n) is 5.46. The Morgan fingerprint density at radius 1 is 1.44 bits per heavy atom. The van der Waals surface area contributed by atoms with Gasteiger partial charge in [-0.05, 0) is 43.7 Å². The number of rotatable bonds is 5. The molecule has 0 amide bonds. The van der Waals surface area contributed by atoms with Crippen molar-refractivity contribution in [2.45, 2.75) is 13.8 Å². The molecule has 0 saturated heterocycles. The minimum atomic E-state index is -1.07. The van der Waals surface area contributed by atoms with E-state index in [1.54, 1.807) is 6.07 Å². The van der Waals surface area contributed by atoms with Crippen LogP contribution in [-0.4, -0.2) is 17.7 Å². The molecule has 3 nitrogen and oxygen atoms in total. The van der Waals surface area contributed by atoms with Crippen LogP contribution < -0.4 is 4.74 Å². The van der Waals surface area contributed by atoms with Crippen molar-refractivity contribution in [3.05, 3.63) is 47.3 Å². The van der Waals surface area contributed by atoms with Crippen LogP contribution in [0.4, 0.5) is 4.39 Å². The molecule has 0 bridgehead atoms. The van der Waals surface area contributed by atoms with E-state index in [0.29, 0.717) is 12.2 Å². The van der Waals surface area contributed by atoms with Gasteiger partial charge in [-0.1, -0.05) is 11.6 Å². The van der Waals surface area contributed by atoms with Crippen LogP contribution in [0.5, 0.6) is 5.75 Å². The van der Waals surface area contributed by atoms with Crippen molar-refractivity contribution < 1.29 is 19.0 Å². The quantitative estimate of drug-likeness (QED) is 0.644. The number of aliphatic carboxylic acids is 1. The normalized spacial score (nSPS) is 10.4. The van der Waals surface area contributed by atoms with Crippen LogP contribution in [0.2, 0.25) is 0 Å². The Kier molecular flexibility index (Phi) is 5.11. The van der Waals surface area contributed by atoms with Gasteiger partial charge in [0.2, 0.25) is 0 Å². The summed E-state index contributed by atoms with van der Waals surface area (Å²) in [5.41, 5.74) is 1.57. The topological polar surface area (TPSA) is 46.5 Å². The monoisotopic (exact) mass is 250 g/mol. The molecule has 0 unspecified atom stereocenters. The molecule has 0 spiro atoms. The number of benzene rings is 1. The molecule has 1 aromatic carbocycles. The van der Waals surface area contributed by atoms with Crippen LogP contribution in [0.15, 0.2) is 35.9 Å². The van der Waals surface area contributed by atoms with Crippen molar-refractivity contribution in [1.82, 2.24) is 0 Å². The Hall–Kier alpha value is -2.10. The molecule has 0 aromatic heterocycles. The third kappa shape index (κ3) is 4.82. The third-order valence-electron chi connectivity index (χ3n) is 2.10. The molecule has 96 valence electrons. The highest BCUT2D eigenvalue weighted by atomic mass is 19.1. The summed E-state index contributed by atoms with van der Waals surface area (Å²) in [6, 6.07) is 4.31. The zero-order chi connectivity index (χ0) is 13.5. The molecule has 0 atom stereocenters. The van der Waals surface area contributed by atoms with E-state index in [4.69, 9.17) is 9.84 Å². The second-order valence-corrected chi connectivity index (χ2v) is 3.95. The lowest BCUT2D eigenvalue weighted by Crippen LogP contribution is -1.97. The fraction of sp³-hybridized carbons (Fsp3) is 0.214. The zero-order valence-electron chi connectivity index (χ0n) is 10.3. The smallest absolute Gasteiger partial charge is 0.328 e. The van der Waals surface area contributed by atoms with Gasteiger partial charge >= 0.3 is 5.97 Å². The summed E-state index contributed by atoms with van der Waals surface area (Å²) in [4.78, 5) is 10.3. The molecular weight excluding hydrogens is 235 g/mol. The van der Waals surface area contributed by atoms with Gasteiger partial charge in [-0.25, -0.2) is 9.18 Å². The van der Waals surface area contributed by atoms with Crippen molar-refractivity contribution in [3.63, 3.8) is 0 Å². The van der Waals surface area contributed by atoms with E-state index in [0.717, 1.165) is 11.6 Å². The maximum absolute atomic E-state index is 13.6. The van der Waals surface area contributed by atoms with Gasteiger partial charge in [0.05, 0.1) is 0 Å². The number of ether oxygens (including phenoxy) is 1. The van der Waals surface area contributed by atoms with E-state index >= 15 is 0 Å². The molecule has 1 aromatic rings. The predicted molar refractivity (Wildman–Crippen MR) is 68.0 cm³/mol. The average Bonchev–Trinajstić information content (AvgIpc) is 2.28. The van der Waals surface area contributed by atoms with Crippen LogP contribution in [0, 0.1) is 5.82 Å². The van der Waals surface area contributed by atoms with Crippen LogP contribution >= 0.6 is 0 Å². The van der Waals surface area contributed by atoms with Crippen LogP contribution in [0.25, 0.3) is 6.08 Å². The first-order valence-corrected chi connectivity index (χ1v) is 5.46. The lowest BCUT2D eigenvalue weighted by Gasteiger charge is -2.05. The first kappa shape index (κ1) is 14.0. The number of carboxylic acid groups (broad SMARTS) is 1. The summed E-state index contributed by atoms with van der Waals surface area (Å²) < 4.78 is 18.8. The first-order chi connectivity index (χ1) is 8.49. The maximum Gasteiger partial charge on any atom is 0.328 e. The average molecular weight is 250 g/mol. The van der Waals surface area contributed by atoms with Gasteiger partial charge < -0.3 is 9.84 Å². The summed E-state index contributed by atoms with van der Waals surface area (Å²) in [6.45, 7) is 4.17. The zero-order valence-corrected chi connectivity index (χ0v) is 10.3. The minimum Gasteiger partial charge on any atom is -0.486 e. The van der Waals surface area contributed by atoms with Crippen molar-refractivity contribution in [2.24, 2.45) is 0 Å². The number of carboxylic acids is 1. The molecule has 0 radical (unpaired) electrons. The number of carbonyl (C=O) groups is 1. The lowest BCUT2D eigenvalue weighted by molar-refractivity contribution is -0.131. The van der Waals surface area contributed by atoms with Gasteiger partial charge in [-0.15, -0.1) is 0 Å². The molecule has 1 N–H and O–H groups in total. The molecule has 1 rings (SSSR count). The number of halogens is 1. The van der Waals surface area contributed by atoms with Crippen LogP contribution in [-0.2, 0) is 4.79 Å². The van der Waals surface area contributed by atoms with Gasteiger partial charge in [0.25, 0.3) is 0 Å². The summed E-state index contributed by atoms with van der Waals surface area (Å²) in [6.07, 6.45) is 4.13. The van der Waals surface area contributed by atoms with E-state index in [1.165, 1.54) is 18.2 Å². The van der Waals surface area contributed by atoms with Gasteiger partial charge in [0, 0.05) is 6.08 Å². The van der Waals surface area contributed by atoms with Crippen molar-refractivity contribution in [1.29, 1.82) is 0 Å². The highest BCUT2D eigenvalue weighted by molar-refractivity contribution is 5.85. The van der Waals surface area contributed by atoms with E-state index in [-0.39, 0.29) is 5.75 Å². The van der Waals surface area contributed by atoms with Gasteiger partial charge in [-0.3, -0.25) is 0 Å². The Bertz CT molecular complexity index is 486. The fourth-order valence-electron chi connectivity index (χ4n) is 1.20. The SMILES string of the molecule is CC(C)=CCOc1ccc(/C=C/C(=O)O)cc1F. The number of hydrogen-bond acceptors (Lipinski definition) is 2. The number of hydrogen-bond donors (Lipinski definition) is 1. The summed E-state index contributed by atoms with van der Waals surface area (Å²) >= 11 is 0. The molecule has 18 heavy (non-hydrogen) atoms. The molecule has 0 saturated carbocycles. The summed E-state index contributed by atoms with van der Waals surface area (Å²) in [5, 5.41) is 8.46. The Labute approximate surface area is 105 Å². The van der Waals surface area contributed by atoms with E-state index in [9.17, 15) is 9.18 Å². The molecule has 0 aliphatic heterocycles. The lowest BCUT2D eigenvalue weighted by atomic mass is 10.2. The molecular formula is C14H15FO3. The van der Waals surface area contributed by atoms with Gasteiger partial charge in [0.15, 0.2) is 11.6 Å². The Balaban J connectivity index is 2.73. The standard InChI is InChI=1S/C14H15FO3/c1-10(2)7-8-18-13-5-3-11(9-12(13)15)4-6-14(16)17/h3-7,9H,8H2,1-2H3,(H,16,17)/b6-4+.